The fraction of sp³-hybridized carbons (Fsp3) is 0.263. The SMILES string of the molecule is CC1Cn2c(cc3ccccc32)C(C)(c2ccccc2)O1. The third-order valence-electron chi connectivity index (χ3n) is 4.50. The number of para-hydroxylation sites is 1. The first kappa shape index (κ1) is 12.7. The van der Waals surface area contributed by atoms with E-state index in [1.165, 1.54) is 22.2 Å². The molecule has 1 aromatic heterocycles. The van der Waals surface area contributed by atoms with Crippen LogP contribution >= 0.6 is 0 Å². The lowest BCUT2D eigenvalue weighted by Gasteiger charge is -2.39. The molecule has 0 amide bonds. The second kappa shape index (κ2) is 4.47. The molecule has 1 aliphatic heterocycles. The second-order valence-corrected chi connectivity index (χ2v) is 6.03. The standard InChI is InChI=1S/C19H19NO/c1-14-13-20-17-11-7-6-8-15(17)12-18(20)19(2,21-14)16-9-4-3-5-10-16/h3-12,14H,13H2,1-2H3. The van der Waals surface area contributed by atoms with Crippen molar-refractivity contribution >= 4 is 10.9 Å². The summed E-state index contributed by atoms with van der Waals surface area (Å²) in [6.07, 6.45) is 0.193. The van der Waals surface area contributed by atoms with Crippen LogP contribution in [0.3, 0.4) is 0 Å². The summed E-state index contributed by atoms with van der Waals surface area (Å²) in [4.78, 5) is 0. The molecule has 0 aliphatic carbocycles. The lowest BCUT2D eigenvalue weighted by molar-refractivity contribution is -0.0829. The highest BCUT2D eigenvalue weighted by molar-refractivity contribution is 5.82. The summed E-state index contributed by atoms with van der Waals surface area (Å²) in [5, 5.41) is 1.28. The van der Waals surface area contributed by atoms with Crippen molar-refractivity contribution in [3.63, 3.8) is 0 Å². The van der Waals surface area contributed by atoms with Gasteiger partial charge in [0.15, 0.2) is 0 Å². The molecule has 0 radical (unpaired) electrons. The first-order valence-corrected chi connectivity index (χ1v) is 7.50. The molecule has 2 aromatic carbocycles. The van der Waals surface area contributed by atoms with Crippen molar-refractivity contribution in [2.45, 2.75) is 32.1 Å². The van der Waals surface area contributed by atoms with E-state index >= 15 is 0 Å². The highest BCUT2D eigenvalue weighted by Gasteiger charge is 2.38. The summed E-state index contributed by atoms with van der Waals surface area (Å²) in [6.45, 7) is 5.24. The van der Waals surface area contributed by atoms with E-state index < -0.39 is 5.60 Å². The molecule has 1 aliphatic rings. The largest absolute Gasteiger partial charge is 0.359 e. The van der Waals surface area contributed by atoms with Crippen molar-refractivity contribution in [1.29, 1.82) is 0 Å². The van der Waals surface area contributed by atoms with Crippen LogP contribution in [0.5, 0.6) is 0 Å². The fourth-order valence-electron chi connectivity index (χ4n) is 3.53. The van der Waals surface area contributed by atoms with Crippen LogP contribution < -0.4 is 0 Å². The van der Waals surface area contributed by atoms with E-state index in [0.717, 1.165) is 6.54 Å². The van der Waals surface area contributed by atoms with Gasteiger partial charge in [0.25, 0.3) is 0 Å². The van der Waals surface area contributed by atoms with Crippen LogP contribution in [0.25, 0.3) is 10.9 Å². The molecule has 0 fully saturated rings. The van der Waals surface area contributed by atoms with Crippen molar-refractivity contribution in [1.82, 2.24) is 4.57 Å². The predicted octanol–water partition coefficient (Wildman–Crippen LogP) is 4.32. The number of fused-ring (bicyclic) bond motifs is 3. The van der Waals surface area contributed by atoms with Gasteiger partial charge in [-0.25, -0.2) is 0 Å². The Morgan fingerprint density at radius 1 is 1.05 bits per heavy atom. The second-order valence-electron chi connectivity index (χ2n) is 6.03. The average molecular weight is 277 g/mol. The number of benzene rings is 2. The smallest absolute Gasteiger partial charge is 0.131 e. The Labute approximate surface area is 125 Å². The molecule has 21 heavy (non-hydrogen) atoms. The van der Waals surface area contributed by atoms with Crippen LogP contribution in [0.2, 0.25) is 0 Å². The van der Waals surface area contributed by atoms with Crippen LogP contribution in [0.4, 0.5) is 0 Å². The molecule has 2 heterocycles. The highest BCUT2D eigenvalue weighted by Crippen LogP contribution is 2.40. The minimum atomic E-state index is -0.391. The van der Waals surface area contributed by atoms with Crippen LogP contribution in [-0.4, -0.2) is 10.7 Å². The molecule has 2 nitrogen and oxygen atoms in total. The zero-order valence-corrected chi connectivity index (χ0v) is 12.4. The summed E-state index contributed by atoms with van der Waals surface area (Å²) in [5.74, 6) is 0. The molecular weight excluding hydrogens is 258 g/mol. The normalized spacial score (nSPS) is 25.0. The van der Waals surface area contributed by atoms with Gasteiger partial charge in [-0.1, -0.05) is 48.5 Å². The fourth-order valence-corrected chi connectivity index (χ4v) is 3.53. The van der Waals surface area contributed by atoms with Gasteiger partial charge in [-0.2, -0.15) is 0 Å². The molecule has 2 atom stereocenters. The maximum atomic E-state index is 6.40. The van der Waals surface area contributed by atoms with Crippen molar-refractivity contribution in [3.8, 4) is 0 Å². The molecule has 0 spiro atoms. The number of ether oxygens (including phenoxy) is 1. The van der Waals surface area contributed by atoms with Crippen molar-refractivity contribution in [3.05, 3.63) is 71.9 Å². The van der Waals surface area contributed by atoms with E-state index in [-0.39, 0.29) is 6.10 Å². The number of nitrogens with zero attached hydrogens (tertiary/aromatic N) is 1. The van der Waals surface area contributed by atoms with Gasteiger partial charge in [-0.05, 0) is 36.9 Å². The van der Waals surface area contributed by atoms with Crippen LogP contribution in [-0.2, 0) is 16.9 Å². The van der Waals surface area contributed by atoms with E-state index in [1.807, 2.05) is 0 Å². The van der Waals surface area contributed by atoms with Gasteiger partial charge < -0.3 is 9.30 Å². The summed E-state index contributed by atoms with van der Waals surface area (Å²) in [5.41, 5.74) is 3.36. The summed E-state index contributed by atoms with van der Waals surface area (Å²) < 4.78 is 8.81. The maximum Gasteiger partial charge on any atom is 0.131 e. The lowest BCUT2D eigenvalue weighted by atomic mass is 9.90. The molecule has 0 N–H and O–H groups in total. The Balaban J connectivity index is 2.00. The molecule has 0 saturated carbocycles. The van der Waals surface area contributed by atoms with Gasteiger partial charge in [-0.3, -0.25) is 0 Å². The van der Waals surface area contributed by atoms with Gasteiger partial charge in [0.1, 0.15) is 5.60 Å². The Morgan fingerprint density at radius 2 is 1.76 bits per heavy atom. The van der Waals surface area contributed by atoms with Gasteiger partial charge in [0, 0.05) is 12.1 Å². The van der Waals surface area contributed by atoms with Crippen molar-refractivity contribution in [2.75, 3.05) is 0 Å². The molecular formula is C19H19NO. The number of aromatic nitrogens is 1. The minimum absolute atomic E-state index is 0.193. The third kappa shape index (κ3) is 1.83. The topological polar surface area (TPSA) is 14.2 Å². The van der Waals surface area contributed by atoms with Crippen LogP contribution in [0.15, 0.2) is 60.7 Å². The number of rotatable bonds is 1. The Morgan fingerprint density at radius 3 is 2.57 bits per heavy atom. The van der Waals surface area contributed by atoms with Gasteiger partial charge >= 0.3 is 0 Å². The highest BCUT2D eigenvalue weighted by atomic mass is 16.5. The average Bonchev–Trinajstić information content (AvgIpc) is 2.88. The lowest BCUT2D eigenvalue weighted by Crippen LogP contribution is -2.40. The molecule has 0 saturated heterocycles. The Bertz CT molecular complexity index is 790. The predicted molar refractivity (Wildman–Crippen MR) is 85.4 cm³/mol. The van der Waals surface area contributed by atoms with E-state index in [9.17, 15) is 0 Å². The quantitative estimate of drug-likeness (QED) is 0.646. The molecule has 3 aromatic rings. The third-order valence-corrected chi connectivity index (χ3v) is 4.50. The summed E-state index contributed by atoms with van der Waals surface area (Å²) in [6, 6.07) is 21.4. The van der Waals surface area contributed by atoms with Crippen molar-refractivity contribution < 1.29 is 4.74 Å². The van der Waals surface area contributed by atoms with Crippen LogP contribution in [0, 0.1) is 0 Å². The molecule has 2 unspecified atom stereocenters. The van der Waals surface area contributed by atoms with Gasteiger partial charge in [0.2, 0.25) is 0 Å². The number of hydrogen-bond acceptors (Lipinski definition) is 1. The van der Waals surface area contributed by atoms with Gasteiger partial charge in [-0.15, -0.1) is 0 Å². The Hall–Kier alpha value is -2.06. The summed E-state index contributed by atoms with van der Waals surface area (Å²) >= 11 is 0. The van der Waals surface area contributed by atoms with E-state index in [4.69, 9.17) is 4.74 Å². The van der Waals surface area contributed by atoms with E-state index in [2.05, 4.69) is 79.1 Å². The molecule has 0 bridgehead atoms. The molecule has 2 heteroatoms. The maximum absolute atomic E-state index is 6.40. The first-order valence-electron chi connectivity index (χ1n) is 7.50. The van der Waals surface area contributed by atoms with E-state index in [0.29, 0.717) is 0 Å². The molecule has 106 valence electrons. The number of hydrogen-bond donors (Lipinski definition) is 0. The summed E-state index contributed by atoms with van der Waals surface area (Å²) in [7, 11) is 0. The van der Waals surface area contributed by atoms with E-state index in [1.54, 1.807) is 0 Å². The Kier molecular flexibility index (Phi) is 2.69. The van der Waals surface area contributed by atoms with Gasteiger partial charge in [0.05, 0.1) is 11.8 Å². The molecule has 4 rings (SSSR count). The zero-order chi connectivity index (χ0) is 14.4. The zero-order valence-electron chi connectivity index (χ0n) is 12.4. The first-order chi connectivity index (χ1) is 10.2. The van der Waals surface area contributed by atoms with Crippen LogP contribution in [0.1, 0.15) is 25.1 Å². The minimum Gasteiger partial charge on any atom is -0.359 e. The van der Waals surface area contributed by atoms with Crippen molar-refractivity contribution in [2.24, 2.45) is 0 Å². The monoisotopic (exact) mass is 277 g/mol.